The minimum Gasteiger partial charge on any atom is -0.461 e. The maximum absolute atomic E-state index is 12.8. The molecular formula is C23H18BrN5O3S. The summed E-state index contributed by atoms with van der Waals surface area (Å²) in [4.78, 5) is 27.3. The summed E-state index contributed by atoms with van der Waals surface area (Å²) in [6, 6.07) is 18.5. The van der Waals surface area contributed by atoms with Crippen molar-refractivity contribution in [2.45, 2.75) is 13.1 Å². The highest BCUT2D eigenvalue weighted by atomic mass is 79.9. The maximum Gasteiger partial charge on any atom is 0.359 e. The number of esters is 1. The van der Waals surface area contributed by atoms with E-state index in [1.165, 1.54) is 0 Å². The van der Waals surface area contributed by atoms with Crippen LogP contribution in [-0.2, 0) is 9.53 Å². The lowest BCUT2D eigenvalue weighted by molar-refractivity contribution is -0.123. The quantitative estimate of drug-likeness (QED) is 0.399. The topological polar surface area (TPSA) is 100 Å². The van der Waals surface area contributed by atoms with Crippen molar-refractivity contribution in [1.29, 1.82) is 5.26 Å². The first-order chi connectivity index (χ1) is 15.9. The standard InChI is InChI=1S/C23H18BrN5O3S/c1-2-32-23(31)19-18(13-28(27-19)15-6-4-3-5-7-15)20-26-21(30)17(12-25)22(33)29(20)16-10-8-14(24)9-11-16/h3-11,13,17,20H,2H2,1H3,(H,26,30)/t17-,20+/m1/s1. The van der Waals surface area contributed by atoms with Gasteiger partial charge < -0.3 is 15.0 Å². The number of para-hydroxylation sites is 1. The highest BCUT2D eigenvalue weighted by Crippen LogP contribution is 2.34. The Kier molecular flexibility index (Phi) is 6.53. The molecule has 2 aromatic carbocycles. The molecule has 0 bridgehead atoms. The monoisotopic (exact) mass is 523 g/mol. The second-order valence-corrected chi connectivity index (χ2v) is 8.43. The van der Waals surface area contributed by atoms with Gasteiger partial charge in [-0.15, -0.1) is 0 Å². The number of hydrogen-bond donors (Lipinski definition) is 1. The number of halogens is 1. The Morgan fingerprint density at radius 3 is 2.55 bits per heavy atom. The largest absolute Gasteiger partial charge is 0.461 e. The van der Waals surface area contributed by atoms with Crippen molar-refractivity contribution in [3.05, 3.63) is 76.5 Å². The van der Waals surface area contributed by atoms with Crippen molar-refractivity contribution in [2.75, 3.05) is 11.5 Å². The minimum absolute atomic E-state index is 0.0475. The summed E-state index contributed by atoms with van der Waals surface area (Å²) in [7, 11) is 0. The Morgan fingerprint density at radius 1 is 1.21 bits per heavy atom. The number of carbonyl (C=O) groups is 2. The van der Waals surface area contributed by atoms with E-state index in [4.69, 9.17) is 17.0 Å². The van der Waals surface area contributed by atoms with E-state index in [1.54, 1.807) is 34.8 Å². The maximum atomic E-state index is 12.8. The Morgan fingerprint density at radius 2 is 1.91 bits per heavy atom. The third-order valence-corrected chi connectivity index (χ3v) is 6.01. The average molecular weight is 524 g/mol. The van der Waals surface area contributed by atoms with Crippen LogP contribution >= 0.6 is 28.1 Å². The van der Waals surface area contributed by atoms with Gasteiger partial charge in [0.1, 0.15) is 11.2 Å². The molecule has 1 amide bonds. The molecule has 1 N–H and O–H groups in total. The van der Waals surface area contributed by atoms with E-state index in [9.17, 15) is 14.9 Å². The predicted octanol–water partition coefficient (Wildman–Crippen LogP) is 3.91. The van der Waals surface area contributed by atoms with Gasteiger partial charge in [-0.3, -0.25) is 4.79 Å². The molecule has 1 fully saturated rings. The molecule has 166 valence electrons. The summed E-state index contributed by atoms with van der Waals surface area (Å²) in [5.41, 5.74) is 1.82. The first kappa shape index (κ1) is 22.6. The number of nitriles is 1. The second-order valence-electron chi connectivity index (χ2n) is 7.09. The third-order valence-electron chi connectivity index (χ3n) is 5.04. The van der Waals surface area contributed by atoms with Crippen molar-refractivity contribution >= 4 is 50.7 Å². The number of nitrogens with one attached hydrogen (secondary N) is 1. The van der Waals surface area contributed by atoms with E-state index < -0.39 is 24.0 Å². The zero-order valence-electron chi connectivity index (χ0n) is 17.4. The van der Waals surface area contributed by atoms with E-state index in [0.717, 1.165) is 10.2 Å². The van der Waals surface area contributed by atoms with Crippen LogP contribution in [0.25, 0.3) is 5.69 Å². The molecule has 0 saturated carbocycles. The molecule has 0 aliphatic carbocycles. The SMILES string of the molecule is CCOC(=O)c1nn(-c2ccccc2)cc1[C@H]1NC(=O)[C@@H](C#N)C(=S)N1c1ccc(Br)cc1. The lowest BCUT2D eigenvalue weighted by Gasteiger charge is -2.39. The van der Waals surface area contributed by atoms with E-state index in [0.29, 0.717) is 11.3 Å². The van der Waals surface area contributed by atoms with Gasteiger partial charge in [0.2, 0.25) is 5.91 Å². The van der Waals surface area contributed by atoms with Crippen LogP contribution in [0.15, 0.2) is 65.3 Å². The molecule has 33 heavy (non-hydrogen) atoms. The van der Waals surface area contributed by atoms with E-state index in [1.807, 2.05) is 48.5 Å². The summed E-state index contributed by atoms with van der Waals surface area (Å²) in [6.45, 7) is 1.87. The van der Waals surface area contributed by atoms with Crippen LogP contribution in [0.5, 0.6) is 0 Å². The fourth-order valence-electron chi connectivity index (χ4n) is 3.53. The number of benzene rings is 2. The summed E-state index contributed by atoms with van der Waals surface area (Å²) in [5.74, 6) is -2.31. The van der Waals surface area contributed by atoms with Crippen molar-refractivity contribution in [2.24, 2.45) is 5.92 Å². The van der Waals surface area contributed by atoms with Gasteiger partial charge in [0, 0.05) is 21.9 Å². The van der Waals surface area contributed by atoms with Crippen LogP contribution in [0.4, 0.5) is 5.69 Å². The third kappa shape index (κ3) is 4.37. The molecule has 1 aromatic heterocycles. The van der Waals surface area contributed by atoms with Gasteiger partial charge in [0.05, 0.1) is 18.4 Å². The first-order valence-electron chi connectivity index (χ1n) is 10.0. The molecule has 3 aromatic rings. The molecule has 10 heteroatoms. The van der Waals surface area contributed by atoms with Gasteiger partial charge in [-0.2, -0.15) is 10.4 Å². The summed E-state index contributed by atoms with van der Waals surface area (Å²) >= 11 is 8.97. The fourth-order valence-corrected chi connectivity index (χ4v) is 4.16. The van der Waals surface area contributed by atoms with Crippen LogP contribution < -0.4 is 10.2 Å². The van der Waals surface area contributed by atoms with Gasteiger partial charge in [-0.05, 0) is 43.3 Å². The number of amides is 1. The van der Waals surface area contributed by atoms with E-state index >= 15 is 0 Å². The lowest BCUT2D eigenvalue weighted by Crippen LogP contribution is -2.55. The summed E-state index contributed by atoms with van der Waals surface area (Å²) in [5, 5.41) is 16.8. The first-order valence-corrected chi connectivity index (χ1v) is 11.3. The molecule has 1 aliphatic heterocycles. The van der Waals surface area contributed by atoms with Crippen molar-refractivity contribution in [3.63, 3.8) is 0 Å². The second kappa shape index (κ2) is 9.52. The Bertz CT molecular complexity index is 1250. The number of hydrogen-bond acceptors (Lipinski definition) is 6. The Balaban J connectivity index is 1.88. The molecule has 8 nitrogen and oxygen atoms in total. The molecule has 2 atom stereocenters. The molecule has 0 spiro atoms. The molecule has 0 unspecified atom stereocenters. The number of nitrogens with zero attached hydrogens (tertiary/aromatic N) is 4. The molecule has 1 saturated heterocycles. The number of carbonyl (C=O) groups excluding carboxylic acids is 2. The smallest absolute Gasteiger partial charge is 0.359 e. The van der Waals surface area contributed by atoms with Crippen LogP contribution in [0.1, 0.15) is 29.1 Å². The van der Waals surface area contributed by atoms with Crippen LogP contribution in [0, 0.1) is 17.2 Å². The van der Waals surface area contributed by atoms with Crippen molar-refractivity contribution < 1.29 is 14.3 Å². The number of rotatable bonds is 5. The van der Waals surface area contributed by atoms with Gasteiger partial charge in [0.15, 0.2) is 11.6 Å². The van der Waals surface area contributed by atoms with E-state index in [-0.39, 0.29) is 17.3 Å². The Hall–Kier alpha value is -3.55. The summed E-state index contributed by atoms with van der Waals surface area (Å²) in [6.07, 6.45) is 0.792. The highest BCUT2D eigenvalue weighted by Gasteiger charge is 2.42. The lowest BCUT2D eigenvalue weighted by atomic mass is 10.0. The predicted molar refractivity (Wildman–Crippen MR) is 129 cm³/mol. The molecule has 2 heterocycles. The Labute approximate surface area is 203 Å². The number of anilines is 1. The van der Waals surface area contributed by atoms with Gasteiger partial charge in [-0.25, -0.2) is 9.48 Å². The molecular weight excluding hydrogens is 506 g/mol. The molecule has 0 radical (unpaired) electrons. The van der Waals surface area contributed by atoms with Crippen molar-refractivity contribution in [1.82, 2.24) is 15.1 Å². The van der Waals surface area contributed by atoms with Crippen LogP contribution in [0.3, 0.4) is 0 Å². The average Bonchev–Trinajstić information content (AvgIpc) is 3.26. The molecule has 4 rings (SSSR count). The van der Waals surface area contributed by atoms with Crippen LogP contribution in [0.2, 0.25) is 0 Å². The van der Waals surface area contributed by atoms with Gasteiger partial charge >= 0.3 is 5.97 Å². The number of thiocarbonyl (C=S) groups is 1. The van der Waals surface area contributed by atoms with Crippen molar-refractivity contribution in [3.8, 4) is 11.8 Å². The highest BCUT2D eigenvalue weighted by molar-refractivity contribution is 9.10. The van der Waals surface area contributed by atoms with E-state index in [2.05, 4.69) is 26.3 Å². The zero-order chi connectivity index (χ0) is 23.5. The number of aromatic nitrogens is 2. The van der Waals surface area contributed by atoms with Gasteiger partial charge in [-0.1, -0.05) is 46.3 Å². The zero-order valence-corrected chi connectivity index (χ0v) is 19.8. The molecule has 1 aliphatic rings. The normalized spacial score (nSPS) is 17.9. The van der Waals surface area contributed by atoms with Crippen LogP contribution in [-0.4, -0.2) is 33.3 Å². The number of ether oxygens (including phenoxy) is 1. The fraction of sp³-hybridized carbons (Fsp3) is 0.174. The minimum atomic E-state index is -1.14. The van der Waals surface area contributed by atoms with Gasteiger partial charge in [0.25, 0.3) is 0 Å². The summed E-state index contributed by atoms with van der Waals surface area (Å²) < 4.78 is 7.63.